The molecule has 0 aromatic rings. The van der Waals surface area contributed by atoms with E-state index in [0.717, 1.165) is 0 Å². The first-order valence-corrected chi connectivity index (χ1v) is 5.86. The van der Waals surface area contributed by atoms with Gasteiger partial charge in [0.05, 0.1) is 6.61 Å². The van der Waals surface area contributed by atoms with Crippen LogP contribution in [0, 0.1) is 0 Å². The van der Waals surface area contributed by atoms with Crippen molar-refractivity contribution in [2.75, 3.05) is 11.9 Å². The number of alkyl halides is 4. The van der Waals surface area contributed by atoms with Crippen LogP contribution < -0.4 is 0 Å². The maximum atomic E-state index is 11.6. The van der Waals surface area contributed by atoms with Gasteiger partial charge in [0.2, 0.25) is 0 Å². The summed E-state index contributed by atoms with van der Waals surface area (Å²) in [6.07, 6.45) is 0.827. The summed E-state index contributed by atoms with van der Waals surface area (Å²) in [6.45, 7) is -0.437. The molecule has 3 nitrogen and oxygen atoms in total. The normalized spacial score (nSPS) is 13.2. The molecule has 0 heterocycles. The summed E-state index contributed by atoms with van der Waals surface area (Å²) in [5.74, 6) is 0. The molecule has 0 bridgehead atoms. The zero-order valence-corrected chi connectivity index (χ0v) is 8.88. The molecule has 0 saturated carbocycles. The second-order valence-corrected chi connectivity index (χ2v) is 4.52. The molecule has 80 valence electrons. The van der Waals surface area contributed by atoms with Crippen LogP contribution in [0.3, 0.4) is 0 Å². The van der Waals surface area contributed by atoms with Crippen LogP contribution in [-0.2, 0) is 14.3 Å². The van der Waals surface area contributed by atoms with Crippen molar-refractivity contribution in [2.45, 2.75) is 18.3 Å². The summed E-state index contributed by atoms with van der Waals surface area (Å²) in [5, 5.41) is 0.600. The maximum Gasteiger partial charge on any atom is 0.523 e. The van der Waals surface area contributed by atoms with Gasteiger partial charge in [-0.2, -0.15) is 21.6 Å². The lowest BCUT2D eigenvalue weighted by Crippen LogP contribution is -2.25. The Morgan fingerprint density at radius 3 is 2.15 bits per heavy atom. The van der Waals surface area contributed by atoms with E-state index in [9.17, 15) is 21.6 Å². The Morgan fingerprint density at radius 1 is 1.23 bits per heavy atom. The average Bonchev–Trinajstić information content (AvgIpc) is 1.96. The molecule has 0 aliphatic carbocycles. The largest absolute Gasteiger partial charge is 0.523 e. The molecule has 0 amide bonds. The number of hydrogen-bond acceptors (Lipinski definition) is 3. The van der Waals surface area contributed by atoms with E-state index in [4.69, 9.17) is 0 Å². The van der Waals surface area contributed by atoms with Crippen molar-refractivity contribution in [2.24, 2.45) is 0 Å². The van der Waals surface area contributed by atoms with Crippen LogP contribution >= 0.6 is 15.9 Å². The van der Waals surface area contributed by atoms with Crippen molar-refractivity contribution in [1.82, 2.24) is 0 Å². The van der Waals surface area contributed by atoms with Gasteiger partial charge in [0.1, 0.15) is 0 Å². The van der Waals surface area contributed by atoms with Crippen LogP contribution in [0.25, 0.3) is 0 Å². The quantitative estimate of drug-likeness (QED) is 0.336. The van der Waals surface area contributed by atoms with E-state index in [1.54, 1.807) is 0 Å². The SMILES string of the molecule is O=S(=O)(OCCCCBr)C(F)(F)F. The van der Waals surface area contributed by atoms with E-state index in [1.807, 2.05) is 0 Å². The number of hydrogen-bond donors (Lipinski definition) is 0. The third kappa shape index (κ3) is 4.82. The molecule has 0 aliphatic heterocycles. The summed E-state index contributed by atoms with van der Waals surface area (Å²) in [4.78, 5) is 0. The summed E-state index contributed by atoms with van der Waals surface area (Å²) in [6, 6.07) is 0. The highest BCUT2D eigenvalue weighted by atomic mass is 79.9. The summed E-state index contributed by atoms with van der Waals surface area (Å²) in [7, 11) is -5.39. The molecule has 0 spiro atoms. The molecule has 0 radical (unpaired) electrons. The van der Waals surface area contributed by atoms with Crippen molar-refractivity contribution < 1.29 is 25.8 Å². The zero-order valence-electron chi connectivity index (χ0n) is 6.47. The maximum absolute atomic E-state index is 11.6. The number of halogens is 4. The van der Waals surface area contributed by atoms with E-state index in [2.05, 4.69) is 20.1 Å². The summed E-state index contributed by atoms with van der Waals surface area (Å²) in [5.41, 5.74) is -5.32. The average molecular weight is 285 g/mol. The molecule has 0 aliphatic rings. The fourth-order valence-electron chi connectivity index (χ4n) is 0.432. The smallest absolute Gasteiger partial charge is 0.263 e. The molecule has 0 unspecified atom stereocenters. The van der Waals surface area contributed by atoms with Crippen molar-refractivity contribution >= 4 is 26.0 Å². The molecule has 0 N–H and O–H groups in total. The Kier molecular flexibility index (Phi) is 5.23. The van der Waals surface area contributed by atoms with Crippen LogP contribution in [0.5, 0.6) is 0 Å². The van der Waals surface area contributed by atoms with Gasteiger partial charge in [-0.05, 0) is 12.8 Å². The summed E-state index contributed by atoms with van der Waals surface area (Å²) >= 11 is 3.04. The lowest BCUT2D eigenvalue weighted by Gasteiger charge is -2.07. The molecule has 0 atom stereocenters. The van der Waals surface area contributed by atoms with E-state index in [0.29, 0.717) is 11.8 Å². The highest BCUT2D eigenvalue weighted by Gasteiger charge is 2.47. The number of unbranched alkanes of at least 4 members (excludes halogenated alkanes) is 1. The van der Waals surface area contributed by atoms with Gasteiger partial charge in [-0.15, -0.1) is 0 Å². The van der Waals surface area contributed by atoms with Crippen molar-refractivity contribution in [3.8, 4) is 0 Å². The highest BCUT2D eigenvalue weighted by Crippen LogP contribution is 2.24. The van der Waals surface area contributed by atoms with E-state index in [1.165, 1.54) is 0 Å². The second-order valence-electron chi connectivity index (χ2n) is 2.12. The van der Waals surface area contributed by atoms with Gasteiger partial charge in [-0.1, -0.05) is 15.9 Å². The molecule has 0 aromatic heterocycles. The predicted molar refractivity (Wildman–Crippen MR) is 44.0 cm³/mol. The third-order valence-electron chi connectivity index (χ3n) is 1.05. The Bertz CT molecular complexity index is 236. The summed E-state index contributed by atoms with van der Waals surface area (Å²) < 4.78 is 59.1. The zero-order chi connectivity index (χ0) is 10.5. The van der Waals surface area contributed by atoms with Gasteiger partial charge in [0.25, 0.3) is 0 Å². The van der Waals surface area contributed by atoms with Crippen LogP contribution in [0.4, 0.5) is 13.2 Å². The topological polar surface area (TPSA) is 43.4 Å². The fraction of sp³-hybridized carbons (Fsp3) is 1.00. The van der Waals surface area contributed by atoms with Crippen LogP contribution in [0.2, 0.25) is 0 Å². The van der Waals surface area contributed by atoms with Crippen LogP contribution in [0.15, 0.2) is 0 Å². The Morgan fingerprint density at radius 2 is 1.77 bits per heavy atom. The van der Waals surface area contributed by atoms with Crippen molar-refractivity contribution in [1.29, 1.82) is 0 Å². The first-order valence-electron chi connectivity index (χ1n) is 3.33. The first-order chi connectivity index (χ1) is 5.81. The Hall–Kier alpha value is 0.180. The van der Waals surface area contributed by atoms with E-state index < -0.39 is 22.2 Å². The molecule has 0 saturated heterocycles. The second kappa shape index (κ2) is 5.16. The van der Waals surface area contributed by atoms with E-state index in [-0.39, 0.29) is 6.42 Å². The van der Waals surface area contributed by atoms with Gasteiger partial charge in [-0.3, -0.25) is 4.18 Å². The molecule has 0 aromatic carbocycles. The molecular formula is C5H8BrF3O3S. The van der Waals surface area contributed by atoms with Gasteiger partial charge in [0.15, 0.2) is 0 Å². The minimum Gasteiger partial charge on any atom is -0.263 e. The highest BCUT2D eigenvalue weighted by molar-refractivity contribution is 9.09. The molecule has 8 heteroatoms. The van der Waals surface area contributed by atoms with Crippen molar-refractivity contribution in [3.63, 3.8) is 0 Å². The van der Waals surface area contributed by atoms with Gasteiger partial charge < -0.3 is 0 Å². The number of rotatable bonds is 5. The predicted octanol–water partition coefficient (Wildman–Crippen LogP) is 2.03. The molecule has 0 rings (SSSR count). The van der Waals surface area contributed by atoms with Gasteiger partial charge >= 0.3 is 15.6 Å². The van der Waals surface area contributed by atoms with Gasteiger partial charge in [-0.25, -0.2) is 0 Å². The van der Waals surface area contributed by atoms with E-state index >= 15 is 0 Å². The lowest BCUT2D eigenvalue weighted by atomic mass is 10.4. The van der Waals surface area contributed by atoms with Crippen LogP contribution in [0.1, 0.15) is 12.8 Å². The minimum absolute atomic E-state index is 0.264. The van der Waals surface area contributed by atoms with Crippen LogP contribution in [-0.4, -0.2) is 25.9 Å². The third-order valence-corrected chi connectivity index (χ3v) is 2.65. The minimum atomic E-state index is -5.39. The lowest BCUT2D eigenvalue weighted by molar-refractivity contribution is -0.0542. The Balaban J connectivity index is 3.92. The monoisotopic (exact) mass is 284 g/mol. The molecular weight excluding hydrogens is 277 g/mol. The molecule has 0 fully saturated rings. The standard InChI is InChI=1S/C5H8BrF3O3S/c6-3-1-2-4-12-13(10,11)5(7,8)9/h1-4H2. The Labute approximate surface area is 82.5 Å². The first kappa shape index (κ1) is 13.2. The fourth-order valence-corrected chi connectivity index (χ4v) is 1.30. The molecule has 13 heavy (non-hydrogen) atoms. The van der Waals surface area contributed by atoms with Crippen molar-refractivity contribution in [3.05, 3.63) is 0 Å². The van der Waals surface area contributed by atoms with Gasteiger partial charge in [0, 0.05) is 5.33 Å².